The van der Waals surface area contributed by atoms with E-state index in [0.717, 1.165) is 30.1 Å². The lowest BCUT2D eigenvalue weighted by atomic mass is 10.1. The first kappa shape index (κ1) is 14.2. The van der Waals surface area contributed by atoms with Crippen molar-refractivity contribution in [1.82, 2.24) is 15.3 Å². The van der Waals surface area contributed by atoms with Gasteiger partial charge in [-0.05, 0) is 31.0 Å². The average molecular weight is 275 g/mol. The van der Waals surface area contributed by atoms with E-state index in [0.29, 0.717) is 5.92 Å². The summed E-state index contributed by atoms with van der Waals surface area (Å²) in [5.41, 5.74) is 2.32. The van der Waals surface area contributed by atoms with Gasteiger partial charge in [-0.25, -0.2) is 4.98 Å². The summed E-state index contributed by atoms with van der Waals surface area (Å²) in [4.78, 5) is 10.3. The maximum absolute atomic E-state index is 4.80. The van der Waals surface area contributed by atoms with Crippen LogP contribution in [-0.2, 0) is 6.54 Å². The third-order valence-corrected chi connectivity index (χ3v) is 4.02. The SMILES string of the molecule is CCCNCc1sc(-c2cccnc2)nc1C(C)C. The van der Waals surface area contributed by atoms with Gasteiger partial charge in [-0.1, -0.05) is 20.8 Å². The van der Waals surface area contributed by atoms with Gasteiger partial charge in [0, 0.05) is 29.4 Å². The second-order valence-electron chi connectivity index (χ2n) is 4.90. The molecule has 19 heavy (non-hydrogen) atoms. The smallest absolute Gasteiger partial charge is 0.125 e. The van der Waals surface area contributed by atoms with Crippen LogP contribution in [0.3, 0.4) is 0 Å². The summed E-state index contributed by atoms with van der Waals surface area (Å²) < 4.78 is 0. The number of thiazole rings is 1. The van der Waals surface area contributed by atoms with Crippen LogP contribution in [0.15, 0.2) is 24.5 Å². The monoisotopic (exact) mass is 275 g/mol. The Labute approximate surface area is 119 Å². The third-order valence-electron chi connectivity index (χ3n) is 2.90. The summed E-state index contributed by atoms with van der Waals surface area (Å²) in [5, 5.41) is 4.54. The highest BCUT2D eigenvalue weighted by Gasteiger charge is 2.14. The highest BCUT2D eigenvalue weighted by atomic mass is 32.1. The molecule has 2 heterocycles. The van der Waals surface area contributed by atoms with E-state index in [2.05, 4.69) is 37.1 Å². The van der Waals surface area contributed by atoms with Gasteiger partial charge in [-0.3, -0.25) is 4.98 Å². The first-order valence-electron chi connectivity index (χ1n) is 6.83. The molecule has 0 aliphatic carbocycles. The van der Waals surface area contributed by atoms with E-state index in [1.165, 1.54) is 10.6 Å². The summed E-state index contributed by atoms with van der Waals surface area (Å²) in [6.45, 7) is 8.55. The molecule has 0 bridgehead atoms. The maximum Gasteiger partial charge on any atom is 0.125 e. The largest absolute Gasteiger partial charge is 0.312 e. The number of hydrogen-bond acceptors (Lipinski definition) is 4. The first-order chi connectivity index (χ1) is 9.22. The molecular weight excluding hydrogens is 254 g/mol. The molecule has 0 atom stereocenters. The van der Waals surface area contributed by atoms with Gasteiger partial charge in [0.15, 0.2) is 0 Å². The van der Waals surface area contributed by atoms with Crippen molar-refractivity contribution >= 4 is 11.3 Å². The molecule has 0 saturated carbocycles. The van der Waals surface area contributed by atoms with Crippen LogP contribution in [0.4, 0.5) is 0 Å². The molecule has 4 heteroatoms. The minimum Gasteiger partial charge on any atom is -0.312 e. The Morgan fingerprint density at radius 3 is 2.84 bits per heavy atom. The Bertz CT molecular complexity index is 505. The molecule has 1 N–H and O–H groups in total. The molecule has 0 amide bonds. The Morgan fingerprint density at radius 2 is 2.21 bits per heavy atom. The molecule has 2 aromatic rings. The molecule has 102 valence electrons. The second kappa shape index (κ2) is 6.78. The highest BCUT2D eigenvalue weighted by Crippen LogP contribution is 2.31. The lowest BCUT2D eigenvalue weighted by Crippen LogP contribution is -2.14. The van der Waals surface area contributed by atoms with E-state index < -0.39 is 0 Å². The van der Waals surface area contributed by atoms with E-state index in [9.17, 15) is 0 Å². The molecule has 0 unspecified atom stereocenters. The maximum atomic E-state index is 4.80. The van der Waals surface area contributed by atoms with Crippen LogP contribution >= 0.6 is 11.3 Å². The van der Waals surface area contributed by atoms with Crippen molar-refractivity contribution in [2.75, 3.05) is 6.54 Å². The molecular formula is C15H21N3S. The van der Waals surface area contributed by atoms with Crippen LogP contribution < -0.4 is 5.32 Å². The fourth-order valence-corrected chi connectivity index (χ4v) is 3.11. The van der Waals surface area contributed by atoms with Crippen molar-refractivity contribution in [2.24, 2.45) is 0 Å². The van der Waals surface area contributed by atoms with Crippen LogP contribution in [0.25, 0.3) is 10.6 Å². The fraction of sp³-hybridized carbons (Fsp3) is 0.467. The number of pyridine rings is 1. The van der Waals surface area contributed by atoms with Gasteiger partial charge in [0.2, 0.25) is 0 Å². The predicted octanol–water partition coefficient (Wildman–Crippen LogP) is 3.83. The molecule has 0 radical (unpaired) electrons. The molecule has 0 aromatic carbocycles. The van der Waals surface area contributed by atoms with Crippen LogP contribution in [0.2, 0.25) is 0 Å². The Balaban J connectivity index is 2.25. The lowest BCUT2D eigenvalue weighted by Gasteiger charge is -2.05. The van der Waals surface area contributed by atoms with Gasteiger partial charge in [0.05, 0.1) is 5.69 Å². The molecule has 0 aliphatic heterocycles. The molecule has 0 spiro atoms. The number of aromatic nitrogens is 2. The van der Waals surface area contributed by atoms with Gasteiger partial charge in [-0.15, -0.1) is 11.3 Å². The van der Waals surface area contributed by atoms with Crippen LogP contribution in [0, 0.1) is 0 Å². The summed E-state index contributed by atoms with van der Waals surface area (Å²) >= 11 is 1.78. The summed E-state index contributed by atoms with van der Waals surface area (Å²) in [6.07, 6.45) is 4.83. The van der Waals surface area contributed by atoms with Gasteiger partial charge < -0.3 is 5.32 Å². The Hall–Kier alpha value is -1.26. The first-order valence-corrected chi connectivity index (χ1v) is 7.64. The molecule has 3 nitrogen and oxygen atoms in total. The van der Waals surface area contributed by atoms with E-state index >= 15 is 0 Å². The zero-order chi connectivity index (χ0) is 13.7. The van der Waals surface area contributed by atoms with Crippen molar-refractivity contribution in [3.63, 3.8) is 0 Å². The second-order valence-corrected chi connectivity index (χ2v) is 5.98. The number of hydrogen-bond donors (Lipinski definition) is 1. The Morgan fingerprint density at radius 1 is 1.37 bits per heavy atom. The molecule has 0 saturated heterocycles. The number of rotatable bonds is 6. The minimum atomic E-state index is 0.458. The van der Waals surface area contributed by atoms with Crippen molar-refractivity contribution < 1.29 is 0 Å². The van der Waals surface area contributed by atoms with Crippen molar-refractivity contribution in [3.8, 4) is 10.6 Å². The minimum absolute atomic E-state index is 0.458. The summed E-state index contributed by atoms with van der Waals surface area (Å²) in [5.74, 6) is 0.458. The van der Waals surface area contributed by atoms with E-state index in [4.69, 9.17) is 4.98 Å². The van der Waals surface area contributed by atoms with Crippen LogP contribution in [-0.4, -0.2) is 16.5 Å². The van der Waals surface area contributed by atoms with E-state index in [1.807, 2.05) is 12.3 Å². The van der Waals surface area contributed by atoms with E-state index in [-0.39, 0.29) is 0 Å². The Kier molecular flexibility index (Phi) is 5.05. The molecule has 2 rings (SSSR count). The standard InChI is InChI=1S/C15H21N3S/c1-4-7-16-10-13-14(11(2)3)18-15(19-13)12-6-5-8-17-9-12/h5-6,8-9,11,16H,4,7,10H2,1-3H3. The highest BCUT2D eigenvalue weighted by molar-refractivity contribution is 7.15. The normalized spacial score (nSPS) is 11.2. The predicted molar refractivity (Wildman–Crippen MR) is 81.4 cm³/mol. The average Bonchev–Trinajstić information content (AvgIpc) is 2.84. The fourth-order valence-electron chi connectivity index (χ4n) is 1.93. The van der Waals surface area contributed by atoms with Crippen molar-refractivity contribution in [3.05, 3.63) is 35.1 Å². The zero-order valence-corrected chi connectivity index (χ0v) is 12.6. The quantitative estimate of drug-likeness (QED) is 0.814. The van der Waals surface area contributed by atoms with Crippen molar-refractivity contribution in [2.45, 2.75) is 39.7 Å². The third kappa shape index (κ3) is 3.61. The van der Waals surface area contributed by atoms with Gasteiger partial charge in [-0.2, -0.15) is 0 Å². The van der Waals surface area contributed by atoms with Gasteiger partial charge >= 0.3 is 0 Å². The van der Waals surface area contributed by atoms with Gasteiger partial charge in [0.1, 0.15) is 5.01 Å². The number of nitrogens with one attached hydrogen (secondary N) is 1. The van der Waals surface area contributed by atoms with Crippen molar-refractivity contribution in [1.29, 1.82) is 0 Å². The van der Waals surface area contributed by atoms with E-state index in [1.54, 1.807) is 17.5 Å². The molecule has 0 aliphatic rings. The summed E-state index contributed by atoms with van der Waals surface area (Å²) in [6, 6.07) is 4.03. The summed E-state index contributed by atoms with van der Waals surface area (Å²) in [7, 11) is 0. The topological polar surface area (TPSA) is 37.8 Å². The molecule has 0 fully saturated rings. The molecule has 2 aromatic heterocycles. The van der Waals surface area contributed by atoms with Gasteiger partial charge in [0.25, 0.3) is 0 Å². The zero-order valence-electron chi connectivity index (χ0n) is 11.8. The lowest BCUT2D eigenvalue weighted by molar-refractivity contribution is 0.670. The number of nitrogens with zero attached hydrogens (tertiary/aromatic N) is 2. The van der Waals surface area contributed by atoms with Crippen LogP contribution in [0.5, 0.6) is 0 Å². The van der Waals surface area contributed by atoms with Crippen LogP contribution in [0.1, 0.15) is 43.7 Å².